The molecular formula is C18H23FN2O5S. The molecule has 9 heteroatoms. The van der Waals surface area contributed by atoms with Gasteiger partial charge in [-0.2, -0.15) is 8.42 Å². The molecule has 0 aliphatic rings. The van der Waals surface area contributed by atoms with E-state index in [4.69, 9.17) is 4.18 Å². The molecule has 0 saturated heterocycles. The van der Waals surface area contributed by atoms with Crippen LogP contribution in [0, 0.1) is 5.82 Å². The Morgan fingerprint density at radius 1 is 1.33 bits per heavy atom. The molecule has 0 spiro atoms. The lowest BCUT2D eigenvalue weighted by molar-refractivity contribution is -0.140. The van der Waals surface area contributed by atoms with Gasteiger partial charge in [0.25, 0.3) is 0 Å². The molecule has 1 heterocycles. The Balaban J connectivity index is 2.49. The molecule has 27 heavy (non-hydrogen) atoms. The minimum atomic E-state index is -4.25. The minimum Gasteiger partial charge on any atom is -0.469 e. The summed E-state index contributed by atoms with van der Waals surface area (Å²) >= 11 is 0. The van der Waals surface area contributed by atoms with E-state index in [1.54, 1.807) is 6.92 Å². The van der Waals surface area contributed by atoms with Crippen molar-refractivity contribution in [3.63, 3.8) is 0 Å². The number of benzene rings is 1. The summed E-state index contributed by atoms with van der Waals surface area (Å²) in [5, 5.41) is -0.0795. The monoisotopic (exact) mass is 398 g/mol. The molecule has 0 unspecified atom stereocenters. The normalized spacial score (nSPS) is 11.6. The van der Waals surface area contributed by atoms with Crippen LogP contribution in [-0.2, 0) is 32.6 Å². The maximum Gasteiger partial charge on any atom is 0.357 e. The van der Waals surface area contributed by atoms with Crippen molar-refractivity contribution in [1.29, 1.82) is 0 Å². The van der Waals surface area contributed by atoms with Crippen molar-refractivity contribution in [2.75, 3.05) is 7.11 Å². The first kappa shape index (κ1) is 20.9. The minimum absolute atomic E-state index is 0.0787. The molecule has 0 aliphatic heterocycles. The van der Waals surface area contributed by atoms with Crippen LogP contribution in [0.3, 0.4) is 0 Å². The summed E-state index contributed by atoms with van der Waals surface area (Å²) in [6.45, 7) is 5.72. The summed E-state index contributed by atoms with van der Waals surface area (Å²) in [7, 11) is -2.97. The number of carbonyl (C=O) groups is 1. The Bertz CT molecular complexity index is 922. The molecule has 0 saturated carbocycles. The van der Waals surface area contributed by atoms with Crippen molar-refractivity contribution in [3.05, 3.63) is 41.6 Å². The average molecular weight is 398 g/mol. The van der Waals surface area contributed by atoms with Crippen LogP contribution in [0.4, 0.5) is 4.39 Å². The first-order chi connectivity index (χ1) is 12.7. The van der Waals surface area contributed by atoms with E-state index in [9.17, 15) is 17.6 Å². The summed E-state index contributed by atoms with van der Waals surface area (Å²) in [5.74, 6) is -0.880. The van der Waals surface area contributed by atoms with E-state index in [1.807, 2.05) is 13.8 Å². The number of rotatable bonds is 8. The van der Waals surface area contributed by atoms with Gasteiger partial charge in [-0.15, -0.1) is 0 Å². The molecule has 0 aliphatic carbocycles. The van der Waals surface area contributed by atoms with E-state index in [0.717, 1.165) is 6.07 Å². The van der Waals surface area contributed by atoms with E-state index in [0.29, 0.717) is 18.1 Å². The first-order valence-corrected chi connectivity index (χ1v) is 9.96. The lowest BCUT2D eigenvalue weighted by Gasteiger charge is -2.13. The number of methoxy groups -OCH3 is 1. The zero-order valence-corrected chi connectivity index (χ0v) is 16.5. The third kappa shape index (κ3) is 4.85. The number of esters is 1. The van der Waals surface area contributed by atoms with E-state index >= 15 is 0 Å². The maximum absolute atomic E-state index is 13.4. The number of ether oxygens (including phenoxy) is 1. The fourth-order valence-electron chi connectivity index (χ4n) is 2.66. The van der Waals surface area contributed by atoms with Gasteiger partial charge in [0.05, 0.1) is 19.2 Å². The van der Waals surface area contributed by atoms with Gasteiger partial charge in [0, 0.05) is 19.0 Å². The highest BCUT2D eigenvalue weighted by Gasteiger charge is 2.31. The van der Waals surface area contributed by atoms with Crippen molar-refractivity contribution in [2.45, 2.75) is 51.1 Å². The molecule has 2 aromatic rings. The number of halogens is 1. The maximum atomic E-state index is 13.4. The van der Waals surface area contributed by atoms with E-state index in [1.165, 1.54) is 29.9 Å². The standard InChI is InChI=1S/C18H23FN2O5S/c1-5-21-15(9-10-16(22)25-4)20-17(12(2)3)18(21)27(23,24)26-14-8-6-7-13(19)11-14/h6-8,11-12H,5,9-10H2,1-4H3. The van der Waals surface area contributed by atoms with E-state index in [2.05, 4.69) is 9.72 Å². The predicted octanol–water partition coefficient (Wildman–Crippen LogP) is 3.04. The Hall–Kier alpha value is -2.42. The van der Waals surface area contributed by atoms with Crippen LogP contribution in [0.15, 0.2) is 29.3 Å². The topological polar surface area (TPSA) is 87.5 Å². The van der Waals surface area contributed by atoms with Gasteiger partial charge in [-0.05, 0) is 25.0 Å². The number of aryl methyl sites for hydroxylation is 1. The summed E-state index contributed by atoms with van der Waals surface area (Å²) in [6, 6.07) is 4.92. The van der Waals surface area contributed by atoms with E-state index in [-0.39, 0.29) is 29.5 Å². The van der Waals surface area contributed by atoms with Crippen LogP contribution in [0.25, 0.3) is 0 Å². The van der Waals surface area contributed by atoms with Crippen molar-refractivity contribution in [1.82, 2.24) is 9.55 Å². The second-order valence-electron chi connectivity index (χ2n) is 6.19. The quantitative estimate of drug-likeness (QED) is 0.502. The van der Waals surface area contributed by atoms with Gasteiger partial charge >= 0.3 is 16.1 Å². The van der Waals surface area contributed by atoms with Crippen molar-refractivity contribution < 1.29 is 26.5 Å². The molecule has 0 radical (unpaired) electrons. The first-order valence-electron chi connectivity index (χ1n) is 8.55. The predicted molar refractivity (Wildman–Crippen MR) is 96.5 cm³/mol. The van der Waals surface area contributed by atoms with Crippen LogP contribution in [-0.4, -0.2) is 31.0 Å². The number of aromatic nitrogens is 2. The second kappa shape index (κ2) is 8.51. The van der Waals surface area contributed by atoms with Gasteiger partial charge in [0.1, 0.15) is 17.4 Å². The number of imidazole rings is 1. The molecule has 0 N–H and O–H groups in total. The molecular weight excluding hydrogens is 375 g/mol. The van der Waals surface area contributed by atoms with Crippen molar-refractivity contribution in [3.8, 4) is 5.75 Å². The molecule has 2 rings (SSSR count). The lowest BCUT2D eigenvalue weighted by Crippen LogP contribution is -2.18. The van der Waals surface area contributed by atoms with Crippen LogP contribution in [0.2, 0.25) is 0 Å². The highest BCUT2D eigenvalue weighted by atomic mass is 32.2. The Labute approximate surface area is 158 Å². The Morgan fingerprint density at radius 2 is 2.04 bits per heavy atom. The molecule has 148 valence electrons. The van der Waals surface area contributed by atoms with Crippen LogP contribution in [0.1, 0.15) is 44.6 Å². The zero-order chi connectivity index (χ0) is 20.2. The van der Waals surface area contributed by atoms with E-state index < -0.39 is 21.9 Å². The number of nitrogens with zero attached hydrogens (tertiary/aromatic N) is 2. The average Bonchev–Trinajstić information content (AvgIpc) is 2.99. The fourth-order valence-corrected chi connectivity index (χ4v) is 4.14. The van der Waals surface area contributed by atoms with Crippen molar-refractivity contribution in [2.24, 2.45) is 0 Å². The van der Waals surface area contributed by atoms with Gasteiger partial charge in [0.15, 0.2) is 5.03 Å². The SMILES string of the molecule is CCn1c(CCC(=O)OC)nc(C(C)C)c1S(=O)(=O)Oc1cccc(F)c1. The van der Waals surface area contributed by atoms with Gasteiger partial charge in [-0.3, -0.25) is 4.79 Å². The molecule has 1 aromatic carbocycles. The Kier molecular flexibility index (Phi) is 6.59. The summed E-state index contributed by atoms with van der Waals surface area (Å²) in [4.78, 5) is 15.9. The van der Waals surface area contributed by atoms with Gasteiger partial charge in [-0.25, -0.2) is 9.37 Å². The Morgan fingerprint density at radius 3 is 2.59 bits per heavy atom. The largest absolute Gasteiger partial charge is 0.469 e. The smallest absolute Gasteiger partial charge is 0.357 e. The molecule has 0 amide bonds. The zero-order valence-electron chi connectivity index (χ0n) is 15.7. The third-order valence-corrected chi connectivity index (χ3v) is 5.22. The molecule has 0 fully saturated rings. The number of carbonyl (C=O) groups excluding carboxylic acids is 1. The van der Waals surface area contributed by atoms with Crippen LogP contribution in [0.5, 0.6) is 5.75 Å². The fraction of sp³-hybridized carbons (Fsp3) is 0.444. The lowest BCUT2D eigenvalue weighted by atomic mass is 10.1. The third-order valence-electron chi connectivity index (χ3n) is 3.91. The van der Waals surface area contributed by atoms with Crippen LogP contribution < -0.4 is 4.18 Å². The van der Waals surface area contributed by atoms with Gasteiger partial charge in [-0.1, -0.05) is 19.9 Å². The summed E-state index contributed by atoms with van der Waals surface area (Å²) in [5.41, 5.74) is 0.341. The van der Waals surface area contributed by atoms with Gasteiger partial charge in [0.2, 0.25) is 0 Å². The van der Waals surface area contributed by atoms with Crippen LogP contribution >= 0.6 is 0 Å². The number of hydrogen-bond acceptors (Lipinski definition) is 6. The van der Waals surface area contributed by atoms with Crippen molar-refractivity contribution >= 4 is 16.1 Å². The number of hydrogen-bond donors (Lipinski definition) is 0. The molecule has 0 bridgehead atoms. The summed E-state index contributed by atoms with van der Waals surface area (Å²) in [6.07, 6.45) is 0.311. The molecule has 1 aromatic heterocycles. The second-order valence-corrected chi connectivity index (χ2v) is 7.65. The van der Waals surface area contributed by atoms with Gasteiger partial charge < -0.3 is 13.5 Å². The summed E-state index contributed by atoms with van der Waals surface area (Å²) < 4.78 is 50.5. The molecule has 7 nitrogen and oxygen atoms in total. The highest BCUT2D eigenvalue weighted by molar-refractivity contribution is 7.87. The molecule has 0 atom stereocenters. The highest BCUT2D eigenvalue weighted by Crippen LogP contribution is 2.28.